The number of anilines is 2. The minimum absolute atomic E-state index is 0.101. The summed E-state index contributed by atoms with van der Waals surface area (Å²) in [6, 6.07) is 19.8. The van der Waals surface area contributed by atoms with Gasteiger partial charge in [-0.2, -0.15) is 0 Å². The first kappa shape index (κ1) is 45.7. The minimum atomic E-state index is -1.40. The molecule has 4 N–H and O–H groups in total. The number of rotatable bonds is 13. The molecule has 0 unspecified atom stereocenters. The molecule has 0 spiro atoms. The average molecular weight is 817 g/mol. The maximum absolute atomic E-state index is 10.5. The first-order chi connectivity index (χ1) is 28.2. The summed E-state index contributed by atoms with van der Waals surface area (Å²) >= 11 is 0. The van der Waals surface area contributed by atoms with Gasteiger partial charge in [0.1, 0.15) is 24.4 Å². The van der Waals surface area contributed by atoms with Crippen LogP contribution in [0.5, 0.6) is 0 Å². The van der Waals surface area contributed by atoms with Gasteiger partial charge in [0.25, 0.3) is 0 Å². The second-order valence-electron chi connectivity index (χ2n) is 19.6. The van der Waals surface area contributed by atoms with Crippen LogP contribution in [-0.4, -0.2) is 77.9 Å². The Labute approximate surface area is 355 Å². The van der Waals surface area contributed by atoms with Crippen molar-refractivity contribution in [2.24, 2.45) is 62.7 Å². The van der Waals surface area contributed by atoms with Gasteiger partial charge in [0.05, 0.1) is 24.1 Å². The third kappa shape index (κ3) is 9.94. The van der Waals surface area contributed by atoms with Crippen molar-refractivity contribution < 1.29 is 29.9 Å². The molecule has 59 heavy (non-hydrogen) atoms. The number of ether oxygens (including phenoxy) is 2. The molecule has 0 radical (unpaired) electrons. The van der Waals surface area contributed by atoms with Crippen molar-refractivity contribution in [3.05, 3.63) is 72.3 Å². The topological polar surface area (TPSA) is 131 Å². The Morgan fingerprint density at radius 1 is 0.797 bits per heavy atom. The summed E-state index contributed by atoms with van der Waals surface area (Å²) in [6.45, 7) is 14.5. The van der Waals surface area contributed by atoms with Gasteiger partial charge in [0.15, 0.2) is 6.29 Å². The van der Waals surface area contributed by atoms with Crippen LogP contribution >= 0.6 is 0 Å². The summed E-state index contributed by atoms with van der Waals surface area (Å²) < 4.78 is 11.9. The van der Waals surface area contributed by atoms with Gasteiger partial charge < -0.3 is 29.9 Å². The van der Waals surface area contributed by atoms with Crippen LogP contribution < -0.4 is 10.0 Å². The highest BCUT2D eigenvalue weighted by molar-refractivity contribution is 5.45. The standard InChI is InChI=1S/C35H60O6.C14H16N4/c1-7-22(20(2)3)9-8-21(4)26-12-13-27-25-11-10-23-18-24(14-16-34(23,5)28(25)15-17-35(26,27)6)40-33-32(39)31(38)30(37)29(19-36)41-33;1-17(13-9-5-3-6-10-13)15-16-18(2)14-11-7-4-8-12-14/h10,20-22,24-33,36-39H,7-9,11-19H2,1-6H3;3-12H,1-2H3/b;16-15+/t21-,22-,24+,25+,26-,27+,28+,29-,30-,31+,32-,33-,34+,35-;/m1./s1. The fourth-order valence-electron chi connectivity index (χ4n) is 12.3. The Balaban J connectivity index is 0.000000271. The highest BCUT2D eigenvalue weighted by Crippen LogP contribution is 2.67. The molecule has 10 heteroatoms. The highest BCUT2D eigenvalue weighted by atomic mass is 16.7. The third-order valence-electron chi connectivity index (χ3n) is 16.0. The first-order valence-corrected chi connectivity index (χ1v) is 22.9. The zero-order valence-corrected chi connectivity index (χ0v) is 37.2. The summed E-state index contributed by atoms with van der Waals surface area (Å²) in [4.78, 5) is 0. The molecule has 1 saturated heterocycles. The lowest BCUT2D eigenvalue weighted by Crippen LogP contribution is -2.60. The molecule has 4 aliphatic carbocycles. The number of benzene rings is 2. The zero-order chi connectivity index (χ0) is 42.5. The van der Waals surface area contributed by atoms with E-state index in [0.717, 1.165) is 72.1 Å². The molecule has 1 aliphatic heterocycles. The van der Waals surface area contributed by atoms with Crippen LogP contribution in [0, 0.1) is 52.3 Å². The summed E-state index contributed by atoms with van der Waals surface area (Å²) in [7, 11) is 3.75. The predicted octanol–water partition coefficient (Wildman–Crippen LogP) is 9.39. The molecule has 14 atom stereocenters. The normalized spacial score (nSPS) is 36.4. The zero-order valence-electron chi connectivity index (χ0n) is 37.2. The lowest BCUT2D eigenvalue weighted by atomic mass is 9.47. The van der Waals surface area contributed by atoms with E-state index >= 15 is 0 Å². The molecule has 7 rings (SSSR count). The number of para-hydroxylation sites is 2. The lowest BCUT2D eigenvalue weighted by molar-refractivity contribution is -0.313. The molecule has 328 valence electrons. The number of aliphatic hydroxyl groups is 4. The van der Waals surface area contributed by atoms with E-state index < -0.39 is 37.3 Å². The second kappa shape index (κ2) is 19.9. The Kier molecular flexibility index (Phi) is 15.4. The van der Waals surface area contributed by atoms with E-state index in [4.69, 9.17) is 9.47 Å². The van der Waals surface area contributed by atoms with Gasteiger partial charge in [-0.1, -0.05) is 102 Å². The Hall–Kier alpha value is -2.86. The molecule has 0 aromatic heterocycles. The Bertz CT molecular complexity index is 1610. The predicted molar refractivity (Wildman–Crippen MR) is 235 cm³/mol. The van der Waals surface area contributed by atoms with Gasteiger partial charge in [0, 0.05) is 14.1 Å². The minimum Gasteiger partial charge on any atom is -0.394 e. The molecular formula is C49H76N4O6. The van der Waals surface area contributed by atoms with Gasteiger partial charge in [-0.05, 0) is 145 Å². The van der Waals surface area contributed by atoms with Crippen molar-refractivity contribution in [2.75, 3.05) is 30.7 Å². The van der Waals surface area contributed by atoms with E-state index in [9.17, 15) is 20.4 Å². The average Bonchev–Trinajstić information content (AvgIpc) is 3.61. The van der Waals surface area contributed by atoms with Crippen LogP contribution in [0.4, 0.5) is 11.4 Å². The van der Waals surface area contributed by atoms with E-state index in [2.05, 4.69) is 58.1 Å². The Morgan fingerprint density at radius 3 is 2.00 bits per heavy atom. The van der Waals surface area contributed by atoms with E-state index in [1.54, 1.807) is 10.0 Å². The third-order valence-corrected chi connectivity index (χ3v) is 16.0. The first-order valence-electron chi connectivity index (χ1n) is 22.9. The van der Waals surface area contributed by atoms with E-state index in [-0.39, 0.29) is 11.5 Å². The van der Waals surface area contributed by atoms with Crippen molar-refractivity contribution >= 4 is 11.4 Å². The highest BCUT2D eigenvalue weighted by Gasteiger charge is 2.59. The van der Waals surface area contributed by atoms with Crippen molar-refractivity contribution in [1.82, 2.24) is 0 Å². The number of hydrogen-bond donors (Lipinski definition) is 4. The van der Waals surface area contributed by atoms with Crippen LogP contribution in [0.25, 0.3) is 0 Å². The van der Waals surface area contributed by atoms with Crippen LogP contribution in [0.1, 0.15) is 112 Å². The lowest BCUT2D eigenvalue weighted by Gasteiger charge is -2.58. The van der Waals surface area contributed by atoms with Crippen molar-refractivity contribution in [3.63, 3.8) is 0 Å². The van der Waals surface area contributed by atoms with E-state index in [1.165, 1.54) is 56.9 Å². The van der Waals surface area contributed by atoms with Crippen molar-refractivity contribution in [2.45, 2.75) is 149 Å². The van der Waals surface area contributed by atoms with Gasteiger partial charge >= 0.3 is 0 Å². The van der Waals surface area contributed by atoms with E-state index in [1.807, 2.05) is 74.8 Å². The number of fused-ring (bicyclic) bond motifs is 5. The Morgan fingerprint density at radius 2 is 1.42 bits per heavy atom. The van der Waals surface area contributed by atoms with Crippen molar-refractivity contribution in [1.29, 1.82) is 0 Å². The monoisotopic (exact) mass is 817 g/mol. The van der Waals surface area contributed by atoms with Gasteiger partial charge in [-0.25, -0.2) is 10.0 Å². The van der Waals surface area contributed by atoms with Gasteiger partial charge in [0.2, 0.25) is 0 Å². The van der Waals surface area contributed by atoms with Crippen LogP contribution in [0.15, 0.2) is 82.8 Å². The number of hydrogen-bond acceptors (Lipinski definition) is 8. The van der Waals surface area contributed by atoms with Crippen molar-refractivity contribution in [3.8, 4) is 0 Å². The number of allylic oxidation sites excluding steroid dienone is 1. The van der Waals surface area contributed by atoms with Crippen LogP contribution in [-0.2, 0) is 9.47 Å². The summed E-state index contributed by atoms with van der Waals surface area (Å²) in [5.74, 6) is 5.66. The maximum Gasteiger partial charge on any atom is 0.186 e. The molecule has 2 aromatic carbocycles. The van der Waals surface area contributed by atoms with Gasteiger partial charge in [-0.15, -0.1) is 0 Å². The maximum atomic E-state index is 10.5. The quantitative estimate of drug-likeness (QED) is 0.0895. The van der Waals surface area contributed by atoms with E-state index in [0.29, 0.717) is 5.41 Å². The molecule has 0 amide bonds. The molecule has 3 saturated carbocycles. The van der Waals surface area contributed by atoms with Gasteiger partial charge in [-0.3, -0.25) is 0 Å². The molecular weight excluding hydrogens is 741 g/mol. The summed E-state index contributed by atoms with van der Waals surface area (Å²) in [5, 5.41) is 52.2. The fourth-order valence-corrected chi connectivity index (χ4v) is 12.3. The largest absolute Gasteiger partial charge is 0.394 e. The molecule has 4 fully saturated rings. The summed E-state index contributed by atoms with van der Waals surface area (Å²) in [6.07, 6.45) is 9.92. The SMILES string of the molecule is CC[C@H](CC[C@@H](C)[C@H]1CC[C@H]2[C@@H]3CC=C4C[C@@H](O[C@@H]5O[C@H](CO)[C@@H](O)[C@H](O)[C@H]5O)CC[C@]4(C)[C@H]3CC[C@]12C)C(C)C.CN(/N=N/N(C)c1ccccc1)c1ccccc1. The molecule has 10 nitrogen and oxygen atoms in total. The second-order valence-corrected chi connectivity index (χ2v) is 19.6. The molecule has 0 bridgehead atoms. The molecule has 5 aliphatic rings. The fraction of sp³-hybridized carbons (Fsp3) is 0.714. The van der Waals surface area contributed by atoms with Crippen LogP contribution in [0.2, 0.25) is 0 Å². The number of aliphatic hydroxyl groups excluding tert-OH is 4. The molecule has 2 aromatic rings. The van der Waals surface area contributed by atoms with Crippen LogP contribution in [0.3, 0.4) is 0 Å². The summed E-state index contributed by atoms with van der Waals surface area (Å²) in [5.41, 5.74) is 4.19. The smallest absolute Gasteiger partial charge is 0.186 e. The molecule has 1 heterocycles. The number of nitrogens with zero attached hydrogens (tertiary/aromatic N) is 4.